The van der Waals surface area contributed by atoms with E-state index in [0.717, 1.165) is 4.57 Å². The van der Waals surface area contributed by atoms with Crippen LogP contribution >= 0.6 is 7.82 Å². The number of phosphoric acid groups is 1. The van der Waals surface area contributed by atoms with Gasteiger partial charge in [-0.3, -0.25) is 9.09 Å². The zero-order valence-corrected chi connectivity index (χ0v) is 15.2. The van der Waals surface area contributed by atoms with Gasteiger partial charge >= 0.3 is 13.5 Å². The van der Waals surface area contributed by atoms with E-state index < -0.39 is 50.3 Å². The van der Waals surface area contributed by atoms with E-state index in [0.29, 0.717) is 5.56 Å². The molecule has 12 nitrogen and oxygen atoms in total. The van der Waals surface area contributed by atoms with Gasteiger partial charge in [0.15, 0.2) is 0 Å². The molecule has 1 aromatic rings. The number of nitrogens with zero attached hydrogens (tertiary/aromatic N) is 2. The van der Waals surface area contributed by atoms with Crippen LogP contribution in [-0.2, 0) is 24.3 Å². The van der Waals surface area contributed by atoms with Crippen LogP contribution in [0.5, 0.6) is 0 Å². The third kappa shape index (κ3) is 3.68. The molecule has 1 fully saturated rings. The molecule has 0 radical (unpaired) electrons. The van der Waals surface area contributed by atoms with Gasteiger partial charge in [-0.1, -0.05) is 0 Å². The molecule has 26 heavy (non-hydrogen) atoms. The Morgan fingerprint density at radius 3 is 2.65 bits per heavy atom. The van der Waals surface area contributed by atoms with Crippen molar-refractivity contribution in [2.24, 2.45) is 0 Å². The number of methoxy groups -OCH3 is 1. The first-order valence-corrected chi connectivity index (χ1v) is 9.10. The van der Waals surface area contributed by atoms with Gasteiger partial charge in [-0.15, -0.1) is 0 Å². The maximum atomic E-state index is 12.4. The lowest BCUT2D eigenvalue weighted by molar-refractivity contribution is -0.211. The molecule has 5 atom stereocenters. The molecule has 1 aliphatic heterocycles. The summed E-state index contributed by atoms with van der Waals surface area (Å²) < 4.78 is 27.1. The summed E-state index contributed by atoms with van der Waals surface area (Å²) in [6, 6.07) is 0. The lowest BCUT2D eigenvalue weighted by Gasteiger charge is -2.38. The lowest BCUT2D eigenvalue weighted by atomic mass is 9.97. The summed E-state index contributed by atoms with van der Waals surface area (Å²) in [7, 11) is -3.53. The molecule has 0 bridgehead atoms. The van der Waals surface area contributed by atoms with Crippen molar-refractivity contribution >= 4 is 13.6 Å². The molecule has 1 aromatic heterocycles. The molecular formula is C13H22N3O9P. The van der Waals surface area contributed by atoms with Crippen molar-refractivity contribution in [1.29, 1.82) is 0 Å². The Balaban J connectivity index is 2.52. The van der Waals surface area contributed by atoms with Crippen LogP contribution in [0.3, 0.4) is 0 Å². The number of nitrogen functional groups attached to an aromatic ring is 1. The summed E-state index contributed by atoms with van der Waals surface area (Å²) >= 11 is 0. The topological polar surface area (TPSA) is 187 Å². The third-order valence-corrected chi connectivity index (χ3v) is 4.82. The quantitative estimate of drug-likeness (QED) is 0.337. The third-order valence-electron chi connectivity index (χ3n) is 4.34. The normalized spacial score (nSPS) is 30.5. The number of aliphatic hydroxyl groups is 2. The molecule has 0 aliphatic carbocycles. The molecule has 1 saturated heterocycles. The molecule has 1 aliphatic rings. The number of anilines is 1. The van der Waals surface area contributed by atoms with Crippen molar-refractivity contribution < 1.29 is 38.6 Å². The number of phosphoric ester groups is 1. The minimum Gasteiger partial charge on any atom is -0.387 e. The van der Waals surface area contributed by atoms with Crippen molar-refractivity contribution in [1.82, 2.24) is 9.55 Å². The zero-order chi connectivity index (χ0) is 19.9. The molecule has 0 amide bonds. The fraction of sp³-hybridized carbons (Fsp3) is 0.692. The highest BCUT2D eigenvalue weighted by molar-refractivity contribution is 7.46. The highest BCUT2D eigenvalue weighted by atomic mass is 31.2. The van der Waals surface area contributed by atoms with Crippen LogP contribution in [0.15, 0.2) is 11.0 Å². The molecule has 1 unspecified atom stereocenters. The monoisotopic (exact) mass is 395 g/mol. The summed E-state index contributed by atoms with van der Waals surface area (Å²) in [6.45, 7) is 2.34. The molecule has 6 N–H and O–H groups in total. The Kier molecular flexibility index (Phi) is 5.90. The minimum atomic E-state index is -4.83. The van der Waals surface area contributed by atoms with Crippen LogP contribution < -0.4 is 11.4 Å². The average molecular weight is 395 g/mol. The van der Waals surface area contributed by atoms with E-state index in [2.05, 4.69) is 9.51 Å². The van der Waals surface area contributed by atoms with Gasteiger partial charge in [0.2, 0.25) is 5.72 Å². The van der Waals surface area contributed by atoms with Gasteiger partial charge < -0.3 is 35.2 Å². The second-order valence-corrected chi connectivity index (χ2v) is 7.21. The molecule has 13 heteroatoms. The molecule has 0 saturated carbocycles. The van der Waals surface area contributed by atoms with Crippen LogP contribution in [0.25, 0.3) is 0 Å². The van der Waals surface area contributed by atoms with Crippen LogP contribution in [0.2, 0.25) is 0 Å². The van der Waals surface area contributed by atoms with E-state index in [1.54, 1.807) is 6.92 Å². The molecule has 2 heterocycles. The van der Waals surface area contributed by atoms with E-state index in [1.807, 2.05) is 0 Å². The van der Waals surface area contributed by atoms with Gasteiger partial charge in [0.1, 0.15) is 30.2 Å². The molecule has 0 spiro atoms. The summed E-state index contributed by atoms with van der Waals surface area (Å²) in [5, 5.41) is 20.9. The first kappa shape index (κ1) is 20.9. The van der Waals surface area contributed by atoms with Gasteiger partial charge in [0, 0.05) is 18.9 Å². The number of nitrogens with two attached hydrogens (primary N) is 1. The van der Waals surface area contributed by atoms with E-state index in [1.165, 1.54) is 20.2 Å². The predicted molar refractivity (Wildman–Crippen MR) is 87.0 cm³/mol. The van der Waals surface area contributed by atoms with Gasteiger partial charge in [0.05, 0.1) is 6.61 Å². The minimum absolute atomic E-state index is 0.0131. The fourth-order valence-corrected chi connectivity index (χ4v) is 3.18. The number of hydrogen-bond donors (Lipinski definition) is 5. The number of ether oxygens (including phenoxy) is 2. The second-order valence-electron chi connectivity index (χ2n) is 5.97. The number of hydrogen-bond acceptors (Lipinski definition) is 9. The van der Waals surface area contributed by atoms with E-state index in [-0.39, 0.29) is 5.82 Å². The van der Waals surface area contributed by atoms with Crippen molar-refractivity contribution in [2.45, 2.75) is 44.0 Å². The highest BCUT2D eigenvalue weighted by Crippen LogP contribution is 2.42. The average Bonchev–Trinajstić information content (AvgIpc) is 2.80. The Morgan fingerprint density at radius 1 is 1.50 bits per heavy atom. The smallest absolute Gasteiger partial charge is 0.387 e. The Morgan fingerprint density at radius 2 is 2.12 bits per heavy atom. The maximum absolute atomic E-state index is 12.4. The summed E-state index contributed by atoms with van der Waals surface area (Å²) in [4.78, 5) is 33.7. The van der Waals surface area contributed by atoms with Crippen molar-refractivity contribution in [3.05, 3.63) is 22.2 Å². The van der Waals surface area contributed by atoms with E-state index in [9.17, 15) is 19.6 Å². The summed E-state index contributed by atoms with van der Waals surface area (Å²) in [6.07, 6.45) is -4.33. The largest absolute Gasteiger partial charge is 0.469 e. The lowest BCUT2D eigenvalue weighted by Crippen LogP contribution is -2.57. The zero-order valence-electron chi connectivity index (χ0n) is 14.3. The van der Waals surface area contributed by atoms with Crippen molar-refractivity contribution in [3.8, 4) is 0 Å². The summed E-state index contributed by atoms with van der Waals surface area (Å²) in [5.74, 6) is -0.0131. The summed E-state index contributed by atoms with van der Waals surface area (Å²) in [5.41, 5.74) is 3.24. The van der Waals surface area contributed by atoms with Crippen LogP contribution in [0.1, 0.15) is 12.5 Å². The standard InChI is InChI=1S/C13H22N3O9P/c1-6-4-16(12(19)15-11(6)14)13(7(2)23-3)10(18)9(17)8(25-13)5-24-26(20,21)22/h4,7-10,17-18H,5H2,1-3H3,(H2,14,15,19)(H2,20,21,22)/t7?,8-,9-,10-,13-/m1/s1. The molecule has 0 aromatic carbocycles. The van der Waals surface area contributed by atoms with Crippen molar-refractivity contribution in [2.75, 3.05) is 19.5 Å². The van der Waals surface area contributed by atoms with Gasteiger partial charge in [-0.25, -0.2) is 9.36 Å². The number of aromatic nitrogens is 2. The van der Waals surface area contributed by atoms with Crippen LogP contribution in [-0.4, -0.2) is 67.7 Å². The number of aliphatic hydroxyl groups excluding tert-OH is 2. The Hall–Kier alpha value is -1.37. The maximum Gasteiger partial charge on any atom is 0.469 e. The Bertz CT molecular complexity index is 766. The Labute approximate surface area is 148 Å². The first-order valence-electron chi connectivity index (χ1n) is 7.57. The van der Waals surface area contributed by atoms with Gasteiger partial charge in [0.25, 0.3) is 0 Å². The van der Waals surface area contributed by atoms with Crippen LogP contribution in [0, 0.1) is 6.92 Å². The second kappa shape index (κ2) is 7.33. The molecule has 2 rings (SSSR count). The number of aryl methyl sites for hydroxylation is 1. The predicted octanol–water partition coefficient (Wildman–Crippen LogP) is -1.95. The van der Waals surface area contributed by atoms with Crippen molar-refractivity contribution in [3.63, 3.8) is 0 Å². The van der Waals surface area contributed by atoms with Crippen LogP contribution in [0.4, 0.5) is 5.82 Å². The van der Waals surface area contributed by atoms with Gasteiger partial charge in [-0.2, -0.15) is 4.98 Å². The van der Waals surface area contributed by atoms with E-state index in [4.69, 9.17) is 25.0 Å². The van der Waals surface area contributed by atoms with Gasteiger partial charge in [-0.05, 0) is 13.8 Å². The molecular weight excluding hydrogens is 373 g/mol. The number of rotatable bonds is 6. The molecule has 148 valence electrons. The van der Waals surface area contributed by atoms with E-state index >= 15 is 0 Å². The first-order chi connectivity index (χ1) is 11.9. The SMILES string of the molecule is COC(C)[C@@]1(n2cc(C)c(N)nc2=O)O[C@H](COP(=O)(O)O)[C@@H](O)[C@H]1O. The highest BCUT2D eigenvalue weighted by Gasteiger charge is 2.59. The fourth-order valence-electron chi connectivity index (χ4n) is 2.84.